The largest absolute Gasteiger partial charge is 0.322 e. The van der Waals surface area contributed by atoms with Crippen molar-refractivity contribution in [2.75, 3.05) is 5.32 Å². The van der Waals surface area contributed by atoms with Gasteiger partial charge in [-0.05, 0) is 24.3 Å². The van der Waals surface area contributed by atoms with E-state index in [2.05, 4.69) is 30.6 Å². The standard InChI is InChI=1S/C18H15N7O/c1-25-11-20-17(24-25)13-3-2-4-14(9-13)22-18(26)15-10-21-23-16(15)12-5-7-19-8-6-12/h2-11H,1H3,(H,21,23)(H,22,26). The SMILES string of the molecule is Cn1cnc(-c2cccc(NC(=O)c3cn[nH]c3-c3ccncc3)c2)n1. The number of nitrogens with one attached hydrogen (secondary N) is 2. The number of aromatic amines is 1. The van der Waals surface area contributed by atoms with Crippen LogP contribution in [0, 0.1) is 0 Å². The molecule has 1 aromatic carbocycles. The molecule has 0 bridgehead atoms. The Morgan fingerprint density at radius 1 is 1.15 bits per heavy atom. The van der Waals surface area contributed by atoms with Crippen LogP contribution in [0.25, 0.3) is 22.6 Å². The summed E-state index contributed by atoms with van der Waals surface area (Å²) in [4.78, 5) is 20.9. The highest BCUT2D eigenvalue weighted by atomic mass is 16.1. The van der Waals surface area contributed by atoms with Crippen LogP contribution in [0.3, 0.4) is 0 Å². The summed E-state index contributed by atoms with van der Waals surface area (Å²) in [5.41, 5.74) is 3.42. The molecule has 2 N–H and O–H groups in total. The lowest BCUT2D eigenvalue weighted by Gasteiger charge is -2.07. The summed E-state index contributed by atoms with van der Waals surface area (Å²) in [7, 11) is 1.81. The third-order valence-corrected chi connectivity index (χ3v) is 3.83. The molecule has 0 spiro atoms. The summed E-state index contributed by atoms with van der Waals surface area (Å²) in [5, 5.41) is 14.0. The molecule has 0 aliphatic heterocycles. The highest BCUT2D eigenvalue weighted by molar-refractivity contribution is 6.08. The minimum absolute atomic E-state index is 0.253. The molecule has 0 atom stereocenters. The summed E-state index contributed by atoms with van der Waals surface area (Å²) in [6, 6.07) is 11.0. The van der Waals surface area contributed by atoms with Crippen LogP contribution in [0.1, 0.15) is 10.4 Å². The lowest BCUT2D eigenvalue weighted by molar-refractivity contribution is 0.102. The number of benzene rings is 1. The van der Waals surface area contributed by atoms with E-state index in [0.29, 0.717) is 22.8 Å². The molecule has 1 amide bonds. The zero-order chi connectivity index (χ0) is 17.9. The third kappa shape index (κ3) is 3.07. The van der Waals surface area contributed by atoms with Crippen molar-refractivity contribution in [2.45, 2.75) is 0 Å². The minimum atomic E-state index is -0.253. The van der Waals surface area contributed by atoms with Gasteiger partial charge in [-0.3, -0.25) is 19.6 Å². The maximum absolute atomic E-state index is 12.7. The Bertz CT molecular complexity index is 1050. The number of hydrogen-bond acceptors (Lipinski definition) is 5. The number of carbonyl (C=O) groups is 1. The Labute approximate surface area is 148 Å². The molecule has 8 heteroatoms. The summed E-state index contributed by atoms with van der Waals surface area (Å²) in [5.74, 6) is 0.348. The molecule has 8 nitrogen and oxygen atoms in total. The number of H-pyrrole nitrogens is 1. The van der Waals surface area contributed by atoms with Crippen molar-refractivity contribution < 1.29 is 4.79 Å². The van der Waals surface area contributed by atoms with Crippen LogP contribution in [0.15, 0.2) is 61.3 Å². The fourth-order valence-corrected chi connectivity index (χ4v) is 2.60. The summed E-state index contributed by atoms with van der Waals surface area (Å²) in [6.45, 7) is 0. The molecule has 3 aromatic heterocycles. The van der Waals surface area contributed by atoms with Gasteiger partial charge >= 0.3 is 0 Å². The van der Waals surface area contributed by atoms with Gasteiger partial charge in [-0.2, -0.15) is 10.2 Å². The van der Waals surface area contributed by atoms with Crippen LogP contribution in [0.5, 0.6) is 0 Å². The maximum atomic E-state index is 12.7. The fraction of sp³-hybridized carbons (Fsp3) is 0.0556. The predicted molar refractivity (Wildman–Crippen MR) is 96.2 cm³/mol. The highest BCUT2D eigenvalue weighted by Gasteiger charge is 2.16. The molecule has 0 radical (unpaired) electrons. The summed E-state index contributed by atoms with van der Waals surface area (Å²) in [6.07, 6.45) is 6.48. The number of aryl methyl sites for hydroxylation is 1. The van der Waals surface area contributed by atoms with Crippen LogP contribution in [0.4, 0.5) is 5.69 Å². The van der Waals surface area contributed by atoms with Gasteiger partial charge in [-0.15, -0.1) is 0 Å². The normalized spacial score (nSPS) is 10.7. The van der Waals surface area contributed by atoms with Gasteiger partial charge in [0.25, 0.3) is 5.91 Å². The van der Waals surface area contributed by atoms with Crippen molar-refractivity contribution in [2.24, 2.45) is 7.05 Å². The van der Waals surface area contributed by atoms with Gasteiger partial charge < -0.3 is 5.32 Å². The van der Waals surface area contributed by atoms with E-state index in [4.69, 9.17) is 0 Å². The summed E-state index contributed by atoms with van der Waals surface area (Å²) >= 11 is 0. The van der Waals surface area contributed by atoms with Gasteiger partial charge in [0.15, 0.2) is 5.82 Å². The number of nitrogens with zero attached hydrogens (tertiary/aromatic N) is 5. The molecule has 0 saturated carbocycles. The molecule has 0 aliphatic rings. The Hall–Kier alpha value is -3.81. The second-order valence-electron chi connectivity index (χ2n) is 5.67. The summed E-state index contributed by atoms with van der Waals surface area (Å²) < 4.78 is 1.63. The Morgan fingerprint density at radius 3 is 2.77 bits per heavy atom. The molecular weight excluding hydrogens is 330 g/mol. The van der Waals surface area contributed by atoms with Gasteiger partial charge in [0, 0.05) is 36.3 Å². The van der Waals surface area contributed by atoms with Gasteiger partial charge in [0.2, 0.25) is 0 Å². The van der Waals surface area contributed by atoms with Crippen molar-refractivity contribution in [3.8, 4) is 22.6 Å². The third-order valence-electron chi connectivity index (χ3n) is 3.83. The Morgan fingerprint density at radius 2 is 2.00 bits per heavy atom. The highest BCUT2D eigenvalue weighted by Crippen LogP contribution is 2.23. The monoisotopic (exact) mass is 345 g/mol. The van der Waals surface area contributed by atoms with Crippen molar-refractivity contribution in [1.82, 2.24) is 29.9 Å². The molecule has 0 aliphatic carbocycles. The zero-order valence-electron chi connectivity index (χ0n) is 13.9. The minimum Gasteiger partial charge on any atom is -0.322 e. The predicted octanol–water partition coefficient (Wildman–Crippen LogP) is 2.52. The van der Waals surface area contributed by atoms with E-state index in [-0.39, 0.29) is 5.91 Å². The molecule has 0 saturated heterocycles. The van der Waals surface area contributed by atoms with Gasteiger partial charge in [0.05, 0.1) is 17.5 Å². The molecule has 0 unspecified atom stereocenters. The smallest absolute Gasteiger partial charge is 0.259 e. The van der Waals surface area contributed by atoms with E-state index in [9.17, 15) is 4.79 Å². The molecular formula is C18H15N7O. The van der Waals surface area contributed by atoms with E-state index in [0.717, 1.165) is 11.1 Å². The number of carbonyl (C=O) groups excluding carboxylic acids is 1. The second kappa shape index (κ2) is 6.60. The van der Waals surface area contributed by atoms with Crippen LogP contribution >= 0.6 is 0 Å². The Kier molecular flexibility index (Phi) is 3.98. The molecule has 128 valence electrons. The Balaban J connectivity index is 1.59. The number of amides is 1. The van der Waals surface area contributed by atoms with E-state index in [1.165, 1.54) is 6.20 Å². The molecule has 0 fully saturated rings. The van der Waals surface area contributed by atoms with E-state index < -0.39 is 0 Å². The quantitative estimate of drug-likeness (QED) is 0.592. The van der Waals surface area contributed by atoms with Gasteiger partial charge in [-0.25, -0.2) is 4.98 Å². The van der Waals surface area contributed by atoms with E-state index >= 15 is 0 Å². The number of aromatic nitrogens is 6. The van der Waals surface area contributed by atoms with Gasteiger partial charge in [-0.1, -0.05) is 12.1 Å². The average molecular weight is 345 g/mol. The first-order chi connectivity index (χ1) is 12.7. The molecule has 3 heterocycles. The van der Waals surface area contributed by atoms with Crippen LogP contribution < -0.4 is 5.32 Å². The number of anilines is 1. The van der Waals surface area contributed by atoms with Crippen LogP contribution in [0.2, 0.25) is 0 Å². The molecule has 26 heavy (non-hydrogen) atoms. The maximum Gasteiger partial charge on any atom is 0.259 e. The van der Waals surface area contributed by atoms with Crippen molar-refractivity contribution in [3.05, 3.63) is 66.9 Å². The van der Waals surface area contributed by atoms with Crippen molar-refractivity contribution >= 4 is 11.6 Å². The first-order valence-electron chi connectivity index (χ1n) is 7.92. The second-order valence-corrected chi connectivity index (χ2v) is 5.67. The molecule has 4 aromatic rings. The van der Waals surface area contributed by atoms with Crippen molar-refractivity contribution in [3.63, 3.8) is 0 Å². The number of hydrogen-bond donors (Lipinski definition) is 2. The average Bonchev–Trinajstić information content (AvgIpc) is 3.32. The molecule has 4 rings (SSSR count). The van der Waals surface area contributed by atoms with E-state index in [1.54, 1.807) is 23.4 Å². The fourth-order valence-electron chi connectivity index (χ4n) is 2.60. The lowest BCUT2D eigenvalue weighted by Crippen LogP contribution is -2.12. The van der Waals surface area contributed by atoms with Crippen LogP contribution in [-0.2, 0) is 7.05 Å². The number of pyridine rings is 1. The van der Waals surface area contributed by atoms with Crippen LogP contribution in [-0.4, -0.2) is 35.9 Å². The number of rotatable bonds is 4. The van der Waals surface area contributed by atoms with E-state index in [1.807, 2.05) is 43.4 Å². The van der Waals surface area contributed by atoms with Crippen molar-refractivity contribution in [1.29, 1.82) is 0 Å². The zero-order valence-corrected chi connectivity index (χ0v) is 13.9. The first-order valence-corrected chi connectivity index (χ1v) is 7.92. The topological polar surface area (TPSA) is 101 Å². The van der Waals surface area contributed by atoms with Gasteiger partial charge in [0.1, 0.15) is 6.33 Å². The lowest BCUT2D eigenvalue weighted by atomic mass is 10.1. The first kappa shape index (κ1) is 15.7.